The highest BCUT2D eigenvalue weighted by Gasteiger charge is 2.32. The van der Waals surface area contributed by atoms with E-state index in [0.29, 0.717) is 0 Å². The number of anilines is 1. The number of benzene rings is 1. The van der Waals surface area contributed by atoms with Gasteiger partial charge < -0.3 is 15.3 Å². The Morgan fingerprint density at radius 2 is 2.24 bits per heavy atom. The Kier molecular flexibility index (Phi) is 3.40. The van der Waals surface area contributed by atoms with Gasteiger partial charge in [0, 0.05) is 24.3 Å². The molecule has 1 atom stereocenters. The fourth-order valence-electron chi connectivity index (χ4n) is 2.39. The van der Waals surface area contributed by atoms with Crippen molar-refractivity contribution in [3.8, 4) is 0 Å². The minimum absolute atomic E-state index is 0.0927. The molecule has 1 fully saturated rings. The fourth-order valence-corrected chi connectivity index (χ4v) is 2.39. The van der Waals surface area contributed by atoms with E-state index >= 15 is 0 Å². The van der Waals surface area contributed by atoms with Gasteiger partial charge in [-0.1, -0.05) is 12.1 Å². The Balaban J connectivity index is 2.26. The first kappa shape index (κ1) is 12.4. The molecular formula is C14H22N2O. The molecule has 1 aliphatic heterocycles. The smallest absolute Gasteiger partial charge is 0.0647 e. The molecule has 0 bridgehead atoms. The maximum absolute atomic E-state index is 9.48. The van der Waals surface area contributed by atoms with Crippen LogP contribution in [-0.2, 0) is 0 Å². The van der Waals surface area contributed by atoms with Crippen molar-refractivity contribution in [1.82, 2.24) is 5.32 Å². The first-order chi connectivity index (χ1) is 8.02. The summed E-state index contributed by atoms with van der Waals surface area (Å²) in [6.07, 6.45) is 0. The van der Waals surface area contributed by atoms with E-state index in [4.69, 9.17) is 0 Å². The lowest BCUT2D eigenvalue weighted by atomic mass is 9.98. The number of nitrogens with one attached hydrogen (secondary N) is 1. The van der Waals surface area contributed by atoms with E-state index in [1.807, 2.05) is 0 Å². The minimum atomic E-state index is 0.0927. The van der Waals surface area contributed by atoms with Crippen molar-refractivity contribution in [3.63, 3.8) is 0 Å². The zero-order valence-corrected chi connectivity index (χ0v) is 10.9. The molecule has 0 radical (unpaired) electrons. The fraction of sp³-hybridized carbons (Fsp3) is 0.571. The van der Waals surface area contributed by atoms with Crippen molar-refractivity contribution < 1.29 is 5.11 Å². The largest absolute Gasteiger partial charge is 0.394 e. The third-order valence-corrected chi connectivity index (χ3v) is 3.37. The highest BCUT2D eigenvalue weighted by Crippen LogP contribution is 2.24. The van der Waals surface area contributed by atoms with Gasteiger partial charge in [-0.2, -0.15) is 0 Å². The van der Waals surface area contributed by atoms with E-state index in [1.165, 1.54) is 11.3 Å². The third kappa shape index (κ3) is 2.79. The molecule has 1 heterocycles. The topological polar surface area (TPSA) is 35.5 Å². The standard InChI is InChI=1S/C14H22N2O/c1-11-5-4-6-12(7-11)16-10-14(2,3)15-8-13(16)9-17/h4-7,13,15,17H,8-10H2,1-3H3. The van der Waals surface area contributed by atoms with Crippen LogP contribution < -0.4 is 10.2 Å². The number of piperazine rings is 1. The van der Waals surface area contributed by atoms with Crippen LogP contribution in [0.5, 0.6) is 0 Å². The van der Waals surface area contributed by atoms with E-state index in [1.54, 1.807) is 0 Å². The Bertz CT molecular complexity index is 390. The van der Waals surface area contributed by atoms with E-state index in [2.05, 4.69) is 55.3 Å². The normalized spacial score (nSPS) is 23.8. The number of nitrogens with zero attached hydrogens (tertiary/aromatic N) is 1. The molecule has 1 unspecified atom stereocenters. The molecule has 0 spiro atoms. The van der Waals surface area contributed by atoms with Crippen LogP contribution in [0.3, 0.4) is 0 Å². The van der Waals surface area contributed by atoms with Crippen LogP contribution in [0.15, 0.2) is 24.3 Å². The van der Waals surface area contributed by atoms with Gasteiger partial charge in [-0.25, -0.2) is 0 Å². The monoisotopic (exact) mass is 234 g/mol. The number of hydrogen-bond donors (Lipinski definition) is 2. The molecule has 2 N–H and O–H groups in total. The van der Waals surface area contributed by atoms with Gasteiger partial charge >= 0.3 is 0 Å². The quantitative estimate of drug-likeness (QED) is 0.815. The highest BCUT2D eigenvalue weighted by molar-refractivity contribution is 5.50. The second-order valence-corrected chi connectivity index (χ2v) is 5.57. The lowest BCUT2D eigenvalue weighted by Crippen LogP contribution is -2.62. The summed E-state index contributed by atoms with van der Waals surface area (Å²) >= 11 is 0. The van der Waals surface area contributed by atoms with Crippen molar-refractivity contribution in [2.24, 2.45) is 0 Å². The minimum Gasteiger partial charge on any atom is -0.394 e. The van der Waals surface area contributed by atoms with E-state index in [0.717, 1.165) is 13.1 Å². The van der Waals surface area contributed by atoms with Crippen molar-refractivity contribution in [2.45, 2.75) is 32.4 Å². The molecular weight excluding hydrogens is 212 g/mol. The number of aliphatic hydroxyl groups excluding tert-OH is 1. The van der Waals surface area contributed by atoms with Crippen molar-refractivity contribution in [3.05, 3.63) is 29.8 Å². The van der Waals surface area contributed by atoms with Crippen LogP contribution in [0.4, 0.5) is 5.69 Å². The number of aliphatic hydroxyl groups is 1. The number of rotatable bonds is 2. The van der Waals surface area contributed by atoms with Gasteiger partial charge in [0.1, 0.15) is 0 Å². The summed E-state index contributed by atoms with van der Waals surface area (Å²) in [5, 5.41) is 13.0. The molecule has 17 heavy (non-hydrogen) atoms. The highest BCUT2D eigenvalue weighted by atomic mass is 16.3. The second-order valence-electron chi connectivity index (χ2n) is 5.57. The van der Waals surface area contributed by atoms with Crippen LogP contribution in [0.1, 0.15) is 19.4 Å². The first-order valence-corrected chi connectivity index (χ1v) is 6.21. The summed E-state index contributed by atoms with van der Waals surface area (Å²) in [6, 6.07) is 8.66. The van der Waals surface area contributed by atoms with Crippen LogP contribution in [-0.4, -0.2) is 36.4 Å². The number of aryl methyl sites for hydroxylation is 1. The lowest BCUT2D eigenvalue weighted by molar-refractivity contribution is 0.215. The van der Waals surface area contributed by atoms with Gasteiger partial charge in [0.15, 0.2) is 0 Å². The molecule has 0 aromatic heterocycles. The van der Waals surface area contributed by atoms with E-state index < -0.39 is 0 Å². The molecule has 1 aromatic carbocycles. The molecule has 3 nitrogen and oxygen atoms in total. The first-order valence-electron chi connectivity index (χ1n) is 6.21. The van der Waals surface area contributed by atoms with Crippen LogP contribution in [0.25, 0.3) is 0 Å². The average molecular weight is 234 g/mol. The van der Waals surface area contributed by atoms with Crippen LogP contribution >= 0.6 is 0 Å². The molecule has 3 heteroatoms. The summed E-state index contributed by atoms with van der Waals surface area (Å²) in [5.74, 6) is 0. The maximum Gasteiger partial charge on any atom is 0.0647 e. The molecule has 0 amide bonds. The zero-order valence-electron chi connectivity index (χ0n) is 10.9. The predicted octanol–water partition coefficient (Wildman–Crippen LogP) is 1.54. The van der Waals surface area contributed by atoms with E-state index in [9.17, 15) is 5.11 Å². The lowest BCUT2D eigenvalue weighted by Gasteiger charge is -2.45. The Morgan fingerprint density at radius 3 is 2.88 bits per heavy atom. The Labute approximate surface area is 103 Å². The summed E-state index contributed by atoms with van der Waals surface area (Å²) in [6.45, 7) is 8.44. The molecule has 1 aliphatic rings. The van der Waals surface area contributed by atoms with Gasteiger partial charge in [0.05, 0.1) is 12.6 Å². The molecule has 2 rings (SSSR count). The summed E-state index contributed by atoms with van der Waals surface area (Å²) in [4.78, 5) is 2.31. The summed E-state index contributed by atoms with van der Waals surface area (Å²) in [7, 11) is 0. The number of hydrogen-bond acceptors (Lipinski definition) is 3. The average Bonchev–Trinajstić information content (AvgIpc) is 2.28. The predicted molar refractivity (Wildman–Crippen MR) is 71.5 cm³/mol. The van der Waals surface area contributed by atoms with Crippen molar-refractivity contribution in [2.75, 3.05) is 24.6 Å². The maximum atomic E-state index is 9.48. The molecule has 94 valence electrons. The van der Waals surface area contributed by atoms with Gasteiger partial charge in [0.2, 0.25) is 0 Å². The molecule has 0 aliphatic carbocycles. The van der Waals surface area contributed by atoms with Crippen molar-refractivity contribution in [1.29, 1.82) is 0 Å². The molecule has 0 saturated carbocycles. The molecule has 1 aromatic rings. The molecule has 1 saturated heterocycles. The van der Waals surface area contributed by atoms with Gasteiger partial charge in [0.25, 0.3) is 0 Å². The Morgan fingerprint density at radius 1 is 1.47 bits per heavy atom. The van der Waals surface area contributed by atoms with Gasteiger partial charge in [-0.05, 0) is 38.5 Å². The Hall–Kier alpha value is -1.06. The zero-order chi connectivity index (χ0) is 12.5. The SMILES string of the molecule is Cc1cccc(N2CC(C)(C)NCC2CO)c1. The summed E-state index contributed by atoms with van der Waals surface area (Å²) < 4.78 is 0. The van der Waals surface area contributed by atoms with Crippen molar-refractivity contribution >= 4 is 5.69 Å². The van der Waals surface area contributed by atoms with E-state index in [-0.39, 0.29) is 18.2 Å². The van der Waals surface area contributed by atoms with Crippen LogP contribution in [0.2, 0.25) is 0 Å². The summed E-state index contributed by atoms with van der Waals surface area (Å²) in [5.41, 5.74) is 2.56. The van der Waals surface area contributed by atoms with Crippen LogP contribution in [0, 0.1) is 6.92 Å². The second kappa shape index (κ2) is 4.67. The van der Waals surface area contributed by atoms with Gasteiger partial charge in [-0.15, -0.1) is 0 Å². The third-order valence-electron chi connectivity index (χ3n) is 3.37. The van der Waals surface area contributed by atoms with Gasteiger partial charge in [-0.3, -0.25) is 0 Å².